The van der Waals surface area contributed by atoms with Gasteiger partial charge in [0.25, 0.3) is 0 Å². The maximum Gasteiger partial charge on any atom is 0.0722 e. The second-order valence-corrected chi connectivity index (χ2v) is 5.79. The van der Waals surface area contributed by atoms with Crippen molar-refractivity contribution < 1.29 is 0 Å². The van der Waals surface area contributed by atoms with Gasteiger partial charge in [-0.15, -0.1) is 0 Å². The number of nitrogens with one attached hydrogen (secondary N) is 3. The highest BCUT2D eigenvalue weighted by Crippen LogP contribution is 2.20. The lowest BCUT2D eigenvalue weighted by atomic mass is 10.2. The first-order chi connectivity index (χ1) is 11.8. The van der Waals surface area contributed by atoms with Crippen molar-refractivity contribution in [1.82, 2.24) is 10.3 Å². The van der Waals surface area contributed by atoms with E-state index in [9.17, 15) is 0 Å². The quantitative estimate of drug-likeness (QED) is 0.554. The number of fused-ring (bicyclic) bond motifs is 1. The predicted molar refractivity (Wildman–Crippen MR) is 103 cm³/mol. The molecular formula is C20H24N4. The van der Waals surface area contributed by atoms with Crippen LogP contribution in [-0.2, 0) is 0 Å². The number of nitrogens with zero attached hydrogens (tertiary/aromatic N) is 1. The molecule has 24 heavy (non-hydrogen) atoms. The lowest BCUT2D eigenvalue weighted by molar-refractivity contribution is 0.719. The van der Waals surface area contributed by atoms with Crippen LogP contribution in [0, 0.1) is 6.92 Å². The van der Waals surface area contributed by atoms with Gasteiger partial charge in [-0.2, -0.15) is 0 Å². The van der Waals surface area contributed by atoms with Crippen molar-refractivity contribution in [2.75, 3.05) is 36.8 Å². The normalized spacial score (nSPS) is 10.7. The van der Waals surface area contributed by atoms with Gasteiger partial charge in [-0.25, -0.2) is 0 Å². The Morgan fingerprint density at radius 2 is 1.46 bits per heavy atom. The molecule has 1 heterocycles. The van der Waals surface area contributed by atoms with Gasteiger partial charge in [0.2, 0.25) is 0 Å². The number of aromatic nitrogens is 1. The van der Waals surface area contributed by atoms with Crippen molar-refractivity contribution in [3.8, 4) is 0 Å². The molecule has 124 valence electrons. The summed E-state index contributed by atoms with van der Waals surface area (Å²) in [7, 11) is 0. The minimum atomic E-state index is 0.887. The SMILES string of the molecule is Cc1ccccc1NCCNCCNc1ccnc2ccccc12. The van der Waals surface area contributed by atoms with Crippen molar-refractivity contribution in [2.24, 2.45) is 0 Å². The molecule has 0 spiro atoms. The second kappa shape index (κ2) is 8.31. The highest BCUT2D eigenvalue weighted by molar-refractivity contribution is 5.90. The van der Waals surface area contributed by atoms with E-state index in [1.165, 1.54) is 16.6 Å². The van der Waals surface area contributed by atoms with Crippen LogP contribution in [0.3, 0.4) is 0 Å². The Balaban J connectivity index is 1.37. The van der Waals surface area contributed by atoms with E-state index in [2.05, 4.69) is 58.2 Å². The number of benzene rings is 2. The fourth-order valence-corrected chi connectivity index (χ4v) is 2.72. The molecule has 0 saturated carbocycles. The number of para-hydroxylation sites is 2. The third-order valence-corrected chi connectivity index (χ3v) is 4.03. The highest BCUT2D eigenvalue weighted by atomic mass is 15.0. The van der Waals surface area contributed by atoms with Crippen LogP contribution in [0.25, 0.3) is 10.9 Å². The van der Waals surface area contributed by atoms with Gasteiger partial charge in [0.05, 0.1) is 5.52 Å². The van der Waals surface area contributed by atoms with E-state index in [-0.39, 0.29) is 0 Å². The molecule has 1 aromatic heterocycles. The summed E-state index contributed by atoms with van der Waals surface area (Å²) in [5, 5.41) is 11.6. The largest absolute Gasteiger partial charge is 0.384 e. The first-order valence-electron chi connectivity index (χ1n) is 8.42. The Kier molecular flexibility index (Phi) is 5.64. The molecule has 3 N–H and O–H groups in total. The van der Waals surface area contributed by atoms with Gasteiger partial charge in [-0.3, -0.25) is 4.98 Å². The molecule has 2 aromatic carbocycles. The van der Waals surface area contributed by atoms with Crippen LogP contribution in [-0.4, -0.2) is 31.2 Å². The lowest BCUT2D eigenvalue weighted by Crippen LogP contribution is -2.27. The summed E-state index contributed by atoms with van der Waals surface area (Å²) in [6, 6.07) is 18.6. The molecule has 0 bridgehead atoms. The van der Waals surface area contributed by atoms with Crippen LogP contribution >= 0.6 is 0 Å². The van der Waals surface area contributed by atoms with Gasteiger partial charge in [-0.05, 0) is 30.7 Å². The van der Waals surface area contributed by atoms with Crippen molar-refractivity contribution in [3.63, 3.8) is 0 Å². The Labute approximate surface area is 143 Å². The molecule has 0 unspecified atom stereocenters. The Morgan fingerprint density at radius 3 is 2.29 bits per heavy atom. The minimum absolute atomic E-state index is 0.887. The van der Waals surface area contributed by atoms with Crippen LogP contribution in [0.4, 0.5) is 11.4 Å². The van der Waals surface area contributed by atoms with Crippen molar-refractivity contribution in [1.29, 1.82) is 0 Å². The van der Waals surface area contributed by atoms with Gasteiger partial charge in [0.1, 0.15) is 0 Å². The van der Waals surface area contributed by atoms with E-state index >= 15 is 0 Å². The van der Waals surface area contributed by atoms with E-state index < -0.39 is 0 Å². The molecule has 0 radical (unpaired) electrons. The summed E-state index contributed by atoms with van der Waals surface area (Å²) in [6.07, 6.45) is 1.85. The van der Waals surface area contributed by atoms with Gasteiger partial charge >= 0.3 is 0 Å². The van der Waals surface area contributed by atoms with Crippen molar-refractivity contribution >= 4 is 22.3 Å². The number of hydrogen-bond donors (Lipinski definition) is 3. The molecule has 0 aliphatic carbocycles. The Bertz CT molecular complexity index is 780. The van der Waals surface area contributed by atoms with Crippen LogP contribution in [0.5, 0.6) is 0 Å². The average molecular weight is 320 g/mol. The molecule has 0 aliphatic heterocycles. The predicted octanol–water partition coefficient (Wildman–Crippen LogP) is 3.66. The number of anilines is 2. The zero-order chi connectivity index (χ0) is 16.6. The summed E-state index contributed by atoms with van der Waals surface area (Å²) in [5.74, 6) is 0. The zero-order valence-corrected chi connectivity index (χ0v) is 14.0. The Morgan fingerprint density at radius 1 is 0.750 bits per heavy atom. The van der Waals surface area contributed by atoms with Crippen LogP contribution in [0.15, 0.2) is 60.8 Å². The average Bonchev–Trinajstić information content (AvgIpc) is 2.62. The molecule has 0 saturated heterocycles. The third kappa shape index (κ3) is 4.24. The third-order valence-electron chi connectivity index (χ3n) is 4.03. The molecule has 4 nitrogen and oxygen atoms in total. The molecule has 0 amide bonds. The molecule has 0 atom stereocenters. The molecule has 0 aliphatic rings. The van der Waals surface area contributed by atoms with Gasteiger partial charge < -0.3 is 16.0 Å². The van der Waals surface area contributed by atoms with Crippen LogP contribution in [0.1, 0.15) is 5.56 Å². The monoisotopic (exact) mass is 320 g/mol. The number of aryl methyl sites for hydroxylation is 1. The number of pyridine rings is 1. The summed E-state index contributed by atoms with van der Waals surface area (Å²) >= 11 is 0. The Hall–Kier alpha value is -2.59. The fourth-order valence-electron chi connectivity index (χ4n) is 2.72. The molecular weight excluding hydrogens is 296 g/mol. The topological polar surface area (TPSA) is 49.0 Å². The van der Waals surface area contributed by atoms with E-state index in [4.69, 9.17) is 0 Å². The van der Waals surface area contributed by atoms with Crippen molar-refractivity contribution in [2.45, 2.75) is 6.92 Å². The molecule has 4 heteroatoms. The molecule has 3 rings (SSSR count). The fraction of sp³-hybridized carbons (Fsp3) is 0.250. The summed E-state index contributed by atoms with van der Waals surface area (Å²) in [4.78, 5) is 4.38. The standard InChI is InChI=1S/C20H24N4/c1-16-6-2-4-8-18(16)23-14-12-21-13-15-24-20-10-11-22-19-9-5-3-7-17(19)20/h2-11,21,23H,12-15H2,1H3,(H,22,24). The van der Waals surface area contributed by atoms with Crippen LogP contribution < -0.4 is 16.0 Å². The van der Waals surface area contributed by atoms with Crippen LogP contribution in [0.2, 0.25) is 0 Å². The summed E-state index contributed by atoms with van der Waals surface area (Å²) < 4.78 is 0. The van der Waals surface area contributed by atoms with Gasteiger partial charge in [0.15, 0.2) is 0 Å². The molecule has 0 fully saturated rings. The number of rotatable bonds is 8. The summed E-state index contributed by atoms with van der Waals surface area (Å²) in [6.45, 7) is 5.79. The van der Waals surface area contributed by atoms with Crippen molar-refractivity contribution in [3.05, 3.63) is 66.4 Å². The van der Waals surface area contributed by atoms with E-state index in [1.807, 2.05) is 30.5 Å². The van der Waals surface area contributed by atoms with E-state index in [1.54, 1.807) is 0 Å². The smallest absolute Gasteiger partial charge is 0.0722 e. The maximum atomic E-state index is 4.38. The van der Waals surface area contributed by atoms with E-state index in [0.29, 0.717) is 0 Å². The van der Waals surface area contributed by atoms with Gasteiger partial charge in [0, 0.05) is 49.1 Å². The van der Waals surface area contributed by atoms with Gasteiger partial charge in [-0.1, -0.05) is 36.4 Å². The first-order valence-corrected chi connectivity index (χ1v) is 8.42. The minimum Gasteiger partial charge on any atom is -0.384 e. The van der Waals surface area contributed by atoms with E-state index in [0.717, 1.165) is 37.4 Å². The maximum absolute atomic E-state index is 4.38. The first kappa shape index (κ1) is 16.3. The highest BCUT2D eigenvalue weighted by Gasteiger charge is 2.00. The molecule has 3 aromatic rings. The number of hydrogen-bond acceptors (Lipinski definition) is 4. The second-order valence-electron chi connectivity index (χ2n) is 5.79. The summed E-state index contributed by atoms with van der Waals surface area (Å²) in [5.41, 5.74) is 4.66. The zero-order valence-electron chi connectivity index (χ0n) is 14.0. The lowest BCUT2D eigenvalue weighted by Gasteiger charge is -2.11.